The highest BCUT2D eigenvalue weighted by atomic mass is 35.5. The van der Waals surface area contributed by atoms with Crippen molar-refractivity contribution in [2.75, 3.05) is 6.54 Å². The number of Topliss-reactive ketones (excluding diaryl/α,β-unsaturated/α-hetero) is 1. The maximum atomic E-state index is 13.3. The predicted molar refractivity (Wildman–Crippen MR) is 59.0 cm³/mol. The van der Waals surface area contributed by atoms with Crippen LogP contribution in [0.4, 0.5) is 4.39 Å². The number of halogens is 2. The minimum atomic E-state index is -0.673. The number of hydrogen-bond acceptors (Lipinski definition) is 2. The van der Waals surface area contributed by atoms with Crippen molar-refractivity contribution in [1.29, 1.82) is 0 Å². The molecule has 0 radical (unpaired) electrons. The number of carbonyl (C=O) groups excluding carboxylic acids is 2. The van der Waals surface area contributed by atoms with Gasteiger partial charge in [0.2, 0.25) is 0 Å². The number of ketones is 1. The summed E-state index contributed by atoms with van der Waals surface area (Å²) in [5, 5.41) is 2.48. The summed E-state index contributed by atoms with van der Waals surface area (Å²) < 4.78 is 13.3. The van der Waals surface area contributed by atoms with Crippen molar-refractivity contribution in [2.24, 2.45) is 0 Å². The summed E-state index contributed by atoms with van der Waals surface area (Å²) in [6.07, 6.45) is 0.220. The molecule has 16 heavy (non-hydrogen) atoms. The topological polar surface area (TPSA) is 46.2 Å². The van der Waals surface area contributed by atoms with Gasteiger partial charge in [0.1, 0.15) is 11.6 Å². The molecule has 1 rings (SSSR count). The number of benzene rings is 1. The summed E-state index contributed by atoms with van der Waals surface area (Å²) in [5.41, 5.74) is -0.187. The van der Waals surface area contributed by atoms with E-state index in [1.165, 1.54) is 19.1 Å². The first-order chi connectivity index (χ1) is 7.52. The van der Waals surface area contributed by atoms with Gasteiger partial charge in [-0.3, -0.25) is 9.59 Å². The number of amides is 1. The van der Waals surface area contributed by atoms with Crippen LogP contribution in [0.5, 0.6) is 0 Å². The third-order valence-corrected chi connectivity index (χ3v) is 2.27. The van der Waals surface area contributed by atoms with Gasteiger partial charge in [-0.2, -0.15) is 0 Å². The van der Waals surface area contributed by atoms with Crippen LogP contribution in [0.25, 0.3) is 0 Å². The molecule has 0 heterocycles. The van der Waals surface area contributed by atoms with Gasteiger partial charge in [-0.1, -0.05) is 17.7 Å². The van der Waals surface area contributed by atoms with Crippen LogP contribution < -0.4 is 5.32 Å². The van der Waals surface area contributed by atoms with Crippen molar-refractivity contribution in [3.63, 3.8) is 0 Å². The predicted octanol–water partition coefficient (Wildman–Crippen LogP) is 2.19. The van der Waals surface area contributed by atoms with Crippen molar-refractivity contribution >= 4 is 23.3 Å². The quantitative estimate of drug-likeness (QED) is 0.881. The van der Waals surface area contributed by atoms with Gasteiger partial charge in [-0.25, -0.2) is 4.39 Å². The molecular weight excluding hydrogens is 233 g/mol. The molecule has 0 aliphatic heterocycles. The first-order valence-electron chi connectivity index (χ1n) is 4.74. The van der Waals surface area contributed by atoms with E-state index in [-0.39, 0.29) is 29.3 Å². The molecular formula is C11H11ClFNO2. The van der Waals surface area contributed by atoms with Crippen molar-refractivity contribution < 1.29 is 14.0 Å². The number of nitrogens with one attached hydrogen (secondary N) is 1. The lowest BCUT2D eigenvalue weighted by Gasteiger charge is -2.06. The fourth-order valence-electron chi connectivity index (χ4n) is 1.16. The van der Waals surface area contributed by atoms with Crippen molar-refractivity contribution in [2.45, 2.75) is 13.3 Å². The second-order valence-electron chi connectivity index (χ2n) is 3.30. The highest BCUT2D eigenvalue weighted by Crippen LogP contribution is 2.18. The zero-order valence-corrected chi connectivity index (χ0v) is 9.47. The Morgan fingerprint density at radius 1 is 1.44 bits per heavy atom. The number of carbonyl (C=O) groups is 2. The first kappa shape index (κ1) is 12.6. The van der Waals surface area contributed by atoms with Gasteiger partial charge < -0.3 is 5.32 Å². The molecule has 1 aromatic rings. The lowest BCUT2D eigenvalue weighted by Crippen LogP contribution is -2.26. The van der Waals surface area contributed by atoms with Gasteiger partial charge in [-0.05, 0) is 19.1 Å². The Balaban J connectivity index is 2.70. The lowest BCUT2D eigenvalue weighted by atomic mass is 10.2. The van der Waals surface area contributed by atoms with Gasteiger partial charge in [0.15, 0.2) is 0 Å². The highest BCUT2D eigenvalue weighted by Gasteiger charge is 2.14. The Labute approximate surface area is 97.6 Å². The van der Waals surface area contributed by atoms with Crippen LogP contribution in [-0.4, -0.2) is 18.2 Å². The van der Waals surface area contributed by atoms with Gasteiger partial charge in [0.25, 0.3) is 5.91 Å². The normalized spacial score (nSPS) is 9.94. The summed E-state index contributed by atoms with van der Waals surface area (Å²) in [6.45, 7) is 1.60. The molecule has 1 amide bonds. The van der Waals surface area contributed by atoms with Crippen molar-refractivity contribution in [3.05, 3.63) is 34.6 Å². The van der Waals surface area contributed by atoms with Crippen LogP contribution in [-0.2, 0) is 4.79 Å². The molecule has 0 spiro atoms. The minimum Gasteiger partial charge on any atom is -0.351 e. The number of rotatable bonds is 4. The van der Waals surface area contributed by atoms with Crippen LogP contribution in [0.15, 0.2) is 18.2 Å². The summed E-state index contributed by atoms with van der Waals surface area (Å²) in [4.78, 5) is 22.2. The van der Waals surface area contributed by atoms with Gasteiger partial charge in [0.05, 0.1) is 10.6 Å². The van der Waals surface area contributed by atoms with E-state index in [1.54, 1.807) is 0 Å². The fraction of sp³-hybridized carbons (Fsp3) is 0.273. The molecule has 0 fully saturated rings. The van der Waals surface area contributed by atoms with Gasteiger partial charge in [0, 0.05) is 13.0 Å². The lowest BCUT2D eigenvalue weighted by molar-refractivity contribution is -0.116. The number of hydrogen-bond donors (Lipinski definition) is 1. The van der Waals surface area contributed by atoms with Gasteiger partial charge in [-0.15, -0.1) is 0 Å². The maximum absolute atomic E-state index is 13.3. The van der Waals surface area contributed by atoms with Crippen LogP contribution in [0, 0.1) is 5.82 Å². The average Bonchev–Trinajstić information content (AvgIpc) is 2.16. The minimum absolute atomic E-state index is 0.0417. The highest BCUT2D eigenvalue weighted by molar-refractivity contribution is 6.33. The fourth-order valence-corrected chi connectivity index (χ4v) is 1.40. The monoisotopic (exact) mass is 243 g/mol. The van der Waals surface area contributed by atoms with E-state index in [2.05, 4.69) is 5.32 Å². The Morgan fingerprint density at radius 3 is 2.69 bits per heavy atom. The van der Waals surface area contributed by atoms with Crippen molar-refractivity contribution in [3.8, 4) is 0 Å². The van der Waals surface area contributed by atoms with E-state index >= 15 is 0 Å². The molecule has 5 heteroatoms. The van der Waals surface area contributed by atoms with E-state index in [0.29, 0.717) is 0 Å². The van der Waals surface area contributed by atoms with Crippen LogP contribution >= 0.6 is 11.6 Å². The molecule has 86 valence electrons. The zero-order chi connectivity index (χ0) is 12.1. The summed E-state index contributed by atoms with van der Waals surface area (Å²) in [7, 11) is 0. The SMILES string of the molecule is CC(=O)CCNC(=O)c1c(F)cccc1Cl. The molecule has 0 aliphatic carbocycles. The molecule has 0 saturated carbocycles. The van der Waals surface area contributed by atoms with Crippen LogP contribution in [0.3, 0.4) is 0 Å². The standard InChI is InChI=1S/C11H11ClFNO2/c1-7(15)5-6-14-11(16)10-8(12)3-2-4-9(10)13/h2-4H,5-6H2,1H3,(H,14,16). The summed E-state index contributed by atoms with van der Waals surface area (Å²) in [5.74, 6) is -1.32. The molecule has 1 aromatic carbocycles. The van der Waals surface area contributed by atoms with E-state index in [0.717, 1.165) is 6.07 Å². The van der Waals surface area contributed by atoms with E-state index in [1.807, 2.05) is 0 Å². The molecule has 0 saturated heterocycles. The van der Waals surface area contributed by atoms with Crippen LogP contribution in [0.2, 0.25) is 5.02 Å². The largest absolute Gasteiger partial charge is 0.351 e. The molecule has 0 atom stereocenters. The van der Waals surface area contributed by atoms with Crippen LogP contribution in [0.1, 0.15) is 23.7 Å². The Hall–Kier alpha value is -1.42. The average molecular weight is 244 g/mol. The smallest absolute Gasteiger partial charge is 0.255 e. The second-order valence-corrected chi connectivity index (χ2v) is 3.71. The van der Waals surface area contributed by atoms with Gasteiger partial charge >= 0.3 is 0 Å². The van der Waals surface area contributed by atoms with E-state index in [4.69, 9.17) is 11.6 Å². The molecule has 0 aromatic heterocycles. The third-order valence-electron chi connectivity index (χ3n) is 1.95. The second kappa shape index (κ2) is 5.61. The summed E-state index contributed by atoms with van der Waals surface area (Å²) in [6, 6.07) is 4.01. The van der Waals surface area contributed by atoms with Crippen molar-refractivity contribution in [1.82, 2.24) is 5.32 Å². The Kier molecular flexibility index (Phi) is 4.43. The molecule has 0 unspecified atom stereocenters. The van der Waals surface area contributed by atoms with E-state index in [9.17, 15) is 14.0 Å². The molecule has 0 bridgehead atoms. The first-order valence-corrected chi connectivity index (χ1v) is 5.12. The Morgan fingerprint density at radius 2 is 2.12 bits per heavy atom. The zero-order valence-electron chi connectivity index (χ0n) is 8.72. The molecule has 1 N–H and O–H groups in total. The Bertz CT molecular complexity index is 400. The molecule has 3 nitrogen and oxygen atoms in total. The summed E-state index contributed by atoms with van der Waals surface area (Å²) >= 11 is 5.70. The third kappa shape index (κ3) is 3.31. The maximum Gasteiger partial charge on any atom is 0.255 e. The van der Waals surface area contributed by atoms with E-state index < -0.39 is 11.7 Å². The molecule has 0 aliphatic rings.